The van der Waals surface area contributed by atoms with Gasteiger partial charge in [0.15, 0.2) is 0 Å². The summed E-state index contributed by atoms with van der Waals surface area (Å²) in [4.78, 5) is 24.7. The number of nitrogen functional groups attached to an aromatic ring is 2. The lowest BCUT2D eigenvalue weighted by Crippen LogP contribution is -2.22. The summed E-state index contributed by atoms with van der Waals surface area (Å²) in [5.41, 5.74) is 12.6. The topological polar surface area (TPSA) is 126 Å². The van der Waals surface area contributed by atoms with Crippen molar-refractivity contribution in [2.45, 2.75) is 11.9 Å². The highest BCUT2D eigenvalue weighted by molar-refractivity contribution is 7.99. The van der Waals surface area contributed by atoms with Gasteiger partial charge in [-0.2, -0.15) is 9.78 Å². The molecule has 41 heavy (non-hydrogen) atoms. The Kier molecular flexibility index (Phi) is 7.16. The van der Waals surface area contributed by atoms with Crippen LogP contribution in [-0.4, -0.2) is 22.6 Å². The molecular formula is C30H24N4O4S3. The maximum absolute atomic E-state index is 12.7. The second-order valence-corrected chi connectivity index (χ2v) is 12.1. The second kappa shape index (κ2) is 10.9. The van der Waals surface area contributed by atoms with Gasteiger partial charge in [-0.25, -0.2) is 4.79 Å². The van der Waals surface area contributed by atoms with Crippen LogP contribution in [0.5, 0.6) is 5.75 Å². The van der Waals surface area contributed by atoms with Crippen LogP contribution in [0.1, 0.15) is 6.92 Å². The zero-order valence-corrected chi connectivity index (χ0v) is 24.5. The number of ether oxygens (including phenoxy) is 1. The lowest BCUT2D eigenvalue weighted by Gasteiger charge is -2.09. The van der Waals surface area contributed by atoms with Gasteiger partial charge in [0.2, 0.25) is 0 Å². The number of nitrogens with two attached hydrogens (primary N) is 2. The summed E-state index contributed by atoms with van der Waals surface area (Å²) in [6.07, 6.45) is 0. The van der Waals surface area contributed by atoms with Gasteiger partial charge in [-0.1, -0.05) is 37.3 Å². The maximum atomic E-state index is 12.7. The third-order valence-electron chi connectivity index (χ3n) is 6.63. The fraction of sp³-hybridized carbons (Fsp3) is 0.100. The number of anilines is 2. The van der Waals surface area contributed by atoms with Gasteiger partial charge >= 0.3 is 5.63 Å². The van der Waals surface area contributed by atoms with Crippen LogP contribution in [0, 0.1) is 0 Å². The van der Waals surface area contributed by atoms with E-state index in [2.05, 4.69) is 12.0 Å². The zero-order chi connectivity index (χ0) is 28.7. The van der Waals surface area contributed by atoms with E-state index < -0.39 is 0 Å². The van der Waals surface area contributed by atoms with Crippen LogP contribution in [0.25, 0.3) is 49.0 Å². The zero-order valence-electron chi connectivity index (χ0n) is 22.0. The van der Waals surface area contributed by atoms with Crippen molar-refractivity contribution in [1.29, 1.82) is 0 Å². The van der Waals surface area contributed by atoms with Crippen LogP contribution in [0.3, 0.4) is 0 Å². The summed E-state index contributed by atoms with van der Waals surface area (Å²) in [6.45, 7) is 2.05. The van der Waals surface area contributed by atoms with E-state index >= 15 is 0 Å². The Morgan fingerprint density at radius 1 is 0.878 bits per heavy atom. The third-order valence-corrected chi connectivity index (χ3v) is 9.12. The highest BCUT2D eigenvalue weighted by Gasteiger charge is 2.16. The molecule has 0 spiro atoms. The van der Waals surface area contributed by atoms with Gasteiger partial charge < -0.3 is 20.6 Å². The number of thiophene rings is 2. The Bertz CT molecular complexity index is 2180. The van der Waals surface area contributed by atoms with E-state index in [1.165, 1.54) is 27.4 Å². The molecule has 0 radical (unpaired) electrons. The predicted molar refractivity (Wildman–Crippen MR) is 172 cm³/mol. The molecule has 3 aromatic carbocycles. The molecule has 0 aliphatic carbocycles. The lowest BCUT2D eigenvalue weighted by molar-refractivity contribution is 0.414. The minimum absolute atomic E-state index is 0.195. The predicted octanol–water partition coefficient (Wildman–Crippen LogP) is 6.89. The van der Waals surface area contributed by atoms with Crippen LogP contribution in [0.4, 0.5) is 10.0 Å². The number of thioether (sulfide) groups is 1. The van der Waals surface area contributed by atoms with E-state index in [4.69, 9.17) is 20.6 Å². The first kappa shape index (κ1) is 26.9. The van der Waals surface area contributed by atoms with Crippen molar-refractivity contribution in [3.63, 3.8) is 0 Å². The van der Waals surface area contributed by atoms with E-state index in [1.807, 2.05) is 59.3 Å². The summed E-state index contributed by atoms with van der Waals surface area (Å²) in [5.74, 6) is 1.61. The Labute approximate surface area is 245 Å². The number of nitrogens with zero attached hydrogens (tertiary/aromatic N) is 2. The molecular weight excluding hydrogens is 577 g/mol. The van der Waals surface area contributed by atoms with Crippen molar-refractivity contribution in [3.8, 4) is 11.4 Å². The normalized spacial score (nSPS) is 11.3. The minimum Gasteiger partial charge on any atom is -0.497 e. The molecule has 206 valence electrons. The van der Waals surface area contributed by atoms with Crippen molar-refractivity contribution >= 4 is 87.7 Å². The number of hydrogen-bond acceptors (Lipinski definition) is 10. The molecule has 0 amide bonds. The van der Waals surface area contributed by atoms with Gasteiger partial charge in [0, 0.05) is 26.9 Å². The largest absolute Gasteiger partial charge is 0.497 e. The van der Waals surface area contributed by atoms with Crippen LogP contribution in [-0.2, 0) is 0 Å². The average Bonchev–Trinajstić information content (AvgIpc) is 3.58. The summed E-state index contributed by atoms with van der Waals surface area (Å²) >= 11 is 4.34. The Balaban J connectivity index is 0.000000149. The molecule has 0 fully saturated rings. The van der Waals surface area contributed by atoms with Gasteiger partial charge in [-0.15, -0.1) is 34.4 Å². The number of hydrogen-bond donors (Lipinski definition) is 2. The van der Waals surface area contributed by atoms with Crippen LogP contribution in [0.15, 0.2) is 90.5 Å². The van der Waals surface area contributed by atoms with E-state index in [1.54, 1.807) is 31.0 Å². The number of rotatable bonds is 4. The van der Waals surface area contributed by atoms with Crippen LogP contribution < -0.4 is 27.4 Å². The second-order valence-electron chi connectivity index (χ2n) is 8.98. The molecule has 0 aliphatic heterocycles. The van der Waals surface area contributed by atoms with Gasteiger partial charge in [0.05, 0.1) is 23.2 Å². The van der Waals surface area contributed by atoms with E-state index in [0.29, 0.717) is 32.0 Å². The molecule has 8 nitrogen and oxygen atoms in total. The highest BCUT2D eigenvalue weighted by Crippen LogP contribution is 2.35. The molecule has 7 rings (SSSR count). The monoisotopic (exact) mass is 600 g/mol. The number of benzene rings is 3. The molecule has 11 heteroatoms. The quantitative estimate of drug-likeness (QED) is 0.127. The molecule has 4 aromatic heterocycles. The SMILES string of the molecule is CCSc1nn(-c2ccc(OC)cc2)c(=O)c2c(N)scc12.Nc1scc2c1c(=O)oc1ccc3ccccc3c12. The smallest absolute Gasteiger partial charge is 0.347 e. The number of methoxy groups -OCH3 is 1. The Morgan fingerprint density at radius 3 is 2.32 bits per heavy atom. The van der Waals surface area contributed by atoms with Crippen molar-refractivity contribution < 1.29 is 9.15 Å². The Morgan fingerprint density at radius 2 is 1.59 bits per heavy atom. The average molecular weight is 601 g/mol. The summed E-state index contributed by atoms with van der Waals surface area (Å²) in [7, 11) is 1.60. The fourth-order valence-electron chi connectivity index (χ4n) is 4.72. The molecule has 0 saturated heterocycles. The van der Waals surface area contributed by atoms with E-state index in [0.717, 1.165) is 43.5 Å². The number of aromatic nitrogens is 2. The summed E-state index contributed by atoms with van der Waals surface area (Å²) < 4.78 is 11.9. The Hall–Kier alpha value is -4.32. The van der Waals surface area contributed by atoms with Crippen molar-refractivity contribution in [2.75, 3.05) is 24.3 Å². The fourth-order valence-corrected chi connectivity index (χ4v) is 7.11. The molecule has 0 bridgehead atoms. The maximum Gasteiger partial charge on any atom is 0.347 e. The first-order valence-electron chi connectivity index (χ1n) is 12.6. The molecule has 0 aliphatic rings. The third kappa shape index (κ3) is 4.71. The molecule has 0 unspecified atom stereocenters. The van der Waals surface area contributed by atoms with Gasteiger partial charge in [0.25, 0.3) is 5.56 Å². The van der Waals surface area contributed by atoms with Gasteiger partial charge in [-0.3, -0.25) is 4.79 Å². The van der Waals surface area contributed by atoms with Gasteiger partial charge in [0.1, 0.15) is 26.7 Å². The summed E-state index contributed by atoms with van der Waals surface area (Å²) in [5, 5.41) is 16.1. The first-order valence-corrected chi connectivity index (χ1v) is 15.3. The van der Waals surface area contributed by atoms with Gasteiger partial charge in [-0.05, 0) is 46.9 Å². The molecule has 0 saturated carbocycles. The molecule has 7 aromatic rings. The van der Waals surface area contributed by atoms with Crippen molar-refractivity contribution in [3.05, 3.63) is 92.2 Å². The first-order chi connectivity index (χ1) is 19.9. The van der Waals surface area contributed by atoms with Crippen molar-refractivity contribution in [1.82, 2.24) is 9.78 Å². The van der Waals surface area contributed by atoms with E-state index in [9.17, 15) is 9.59 Å². The lowest BCUT2D eigenvalue weighted by atomic mass is 10.0. The molecule has 4 N–H and O–H groups in total. The van der Waals surface area contributed by atoms with Crippen LogP contribution in [0.2, 0.25) is 0 Å². The molecule has 4 heterocycles. The number of fused-ring (bicyclic) bond motifs is 6. The summed E-state index contributed by atoms with van der Waals surface area (Å²) in [6, 6.07) is 19.1. The van der Waals surface area contributed by atoms with Crippen molar-refractivity contribution in [2.24, 2.45) is 0 Å². The highest BCUT2D eigenvalue weighted by atomic mass is 32.2. The van der Waals surface area contributed by atoms with Crippen LogP contribution >= 0.6 is 34.4 Å². The molecule has 0 atom stereocenters. The standard InChI is InChI=1S/C15H15N3O2S2.C15H9NO2S/c1-3-21-14-11-8-22-13(16)12(11)15(19)18(17-14)9-4-6-10(20-2)7-5-9;16-14-13-10(7-19-14)12-9-4-2-1-3-8(9)5-6-11(12)18-15(13)17/h4-8H,3,16H2,1-2H3;1-7H,16H2. The van der Waals surface area contributed by atoms with E-state index in [-0.39, 0.29) is 11.2 Å². The minimum atomic E-state index is -0.364.